The highest BCUT2D eigenvalue weighted by molar-refractivity contribution is 6.34. The lowest BCUT2D eigenvalue weighted by Gasteiger charge is -2.18. The van der Waals surface area contributed by atoms with Gasteiger partial charge in [0.15, 0.2) is 11.5 Å². The van der Waals surface area contributed by atoms with Gasteiger partial charge in [-0.3, -0.25) is 14.9 Å². The maximum absolute atomic E-state index is 11.9. The Hall–Kier alpha value is -2.30. The number of benzene rings is 1. The molecule has 1 heterocycles. The van der Waals surface area contributed by atoms with Gasteiger partial charge < -0.3 is 9.47 Å². The molecule has 0 aliphatic carbocycles. The molecule has 5 nitrogen and oxygen atoms in total. The van der Waals surface area contributed by atoms with Crippen LogP contribution < -0.4 is 14.8 Å². The molecule has 0 radical (unpaired) electrons. The molecular weight excluding hydrogens is 282 g/mol. The number of carbonyl (C=O) groups is 2. The summed E-state index contributed by atoms with van der Waals surface area (Å²) in [6.45, 7) is 6.83. The van der Waals surface area contributed by atoms with Gasteiger partial charge in [0.25, 0.3) is 11.8 Å². The molecule has 2 amide bonds. The van der Waals surface area contributed by atoms with Crippen molar-refractivity contribution >= 4 is 17.4 Å². The lowest BCUT2D eigenvalue weighted by molar-refractivity contribution is -0.123. The monoisotopic (exact) mass is 303 g/mol. The second-order valence-corrected chi connectivity index (χ2v) is 4.92. The van der Waals surface area contributed by atoms with Crippen molar-refractivity contribution in [2.45, 2.75) is 33.6 Å². The summed E-state index contributed by atoms with van der Waals surface area (Å²) < 4.78 is 11.5. The first-order valence-electron chi connectivity index (χ1n) is 7.61. The summed E-state index contributed by atoms with van der Waals surface area (Å²) in [6, 6.07) is 3.76. The van der Waals surface area contributed by atoms with Crippen LogP contribution in [0.3, 0.4) is 0 Å². The number of rotatable bonds is 7. The van der Waals surface area contributed by atoms with E-state index in [4.69, 9.17) is 9.47 Å². The fraction of sp³-hybridized carbons (Fsp3) is 0.412. The summed E-state index contributed by atoms with van der Waals surface area (Å²) in [6.07, 6.45) is 3.14. The predicted octanol–water partition coefficient (Wildman–Crippen LogP) is 2.48. The third-order valence-electron chi connectivity index (χ3n) is 3.34. The quantitative estimate of drug-likeness (QED) is 0.786. The van der Waals surface area contributed by atoms with E-state index in [1.807, 2.05) is 26.0 Å². The van der Waals surface area contributed by atoms with E-state index in [1.54, 1.807) is 0 Å². The van der Waals surface area contributed by atoms with Crippen molar-refractivity contribution in [3.05, 3.63) is 29.3 Å². The Bertz CT molecular complexity index is 619. The molecule has 0 spiro atoms. The molecule has 1 aliphatic rings. The first-order chi connectivity index (χ1) is 10.6. The zero-order valence-corrected chi connectivity index (χ0v) is 13.2. The average Bonchev–Trinajstić information content (AvgIpc) is 2.81. The molecule has 0 saturated heterocycles. The number of carbonyl (C=O) groups excluding carboxylic acids is 2. The third-order valence-corrected chi connectivity index (χ3v) is 3.34. The number of nitrogens with one attached hydrogen (secondary N) is 1. The topological polar surface area (TPSA) is 64.6 Å². The van der Waals surface area contributed by atoms with Crippen LogP contribution in [-0.4, -0.2) is 25.0 Å². The summed E-state index contributed by atoms with van der Waals surface area (Å²) in [5, 5.41) is 2.26. The predicted molar refractivity (Wildman–Crippen MR) is 83.9 cm³/mol. The van der Waals surface area contributed by atoms with Gasteiger partial charge in [-0.25, -0.2) is 0 Å². The molecule has 0 unspecified atom stereocenters. The Morgan fingerprint density at radius 3 is 2.23 bits per heavy atom. The normalized spacial score (nSPS) is 13.9. The summed E-state index contributed by atoms with van der Waals surface area (Å²) in [5.74, 6) is 0.387. The molecule has 22 heavy (non-hydrogen) atoms. The van der Waals surface area contributed by atoms with Gasteiger partial charge in [-0.05, 0) is 31.9 Å². The highest BCUT2D eigenvalue weighted by Crippen LogP contribution is 2.40. The summed E-state index contributed by atoms with van der Waals surface area (Å²) in [7, 11) is 0. The fourth-order valence-corrected chi connectivity index (χ4v) is 2.48. The van der Waals surface area contributed by atoms with Gasteiger partial charge in [0.2, 0.25) is 0 Å². The molecule has 1 aliphatic heterocycles. The minimum Gasteiger partial charge on any atom is -0.490 e. The van der Waals surface area contributed by atoms with Crippen LogP contribution in [0.4, 0.5) is 0 Å². The smallest absolute Gasteiger partial charge is 0.259 e. The Morgan fingerprint density at radius 2 is 1.68 bits per heavy atom. The third kappa shape index (κ3) is 3.13. The Balaban J connectivity index is 2.58. The van der Waals surface area contributed by atoms with Gasteiger partial charge >= 0.3 is 0 Å². The van der Waals surface area contributed by atoms with Crippen molar-refractivity contribution in [1.29, 1.82) is 0 Å². The molecule has 118 valence electrons. The number of amides is 2. The maximum Gasteiger partial charge on any atom is 0.259 e. The van der Waals surface area contributed by atoms with E-state index in [1.165, 1.54) is 6.08 Å². The number of ether oxygens (including phenoxy) is 2. The van der Waals surface area contributed by atoms with Crippen molar-refractivity contribution < 1.29 is 19.1 Å². The van der Waals surface area contributed by atoms with Gasteiger partial charge in [0.1, 0.15) is 0 Å². The van der Waals surface area contributed by atoms with E-state index in [-0.39, 0.29) is 0 Å². The minimum atomic E-state index is -0.406. The highest BCUT2D eigenvalue weighted by atomic mass is 16.5. The Kier molecular flexibility index (Phi) is 5.20. The zero-order chi connectivity index (χ0) is 16.1. The van der Waals surface area contributed by atoms with Crippen molar-refractivity contribution in [1.82, 2.24) is 5.32 Å². The second kappa shape index (κ2) is 7.11. The highest BCUT2D eigenvalue weighted by Gasteiger charge is 2.27. The van der Waals surface area contributed by atoms with Crippen LogP contribution in [0.25, 0.3) is 5.57 Å². The van der Waals surface area contributed by atoms with Crippen LogP contribution in [0, 0.1) is 0 Å². The van der Waals surface area contributed by atoms with Crippen molar-refractivity contribution in [3.8, 4) is 11.5 Å². The summed E-state index contributed by atoms with van der Waals surface area (Å²) in [4.78, 5) is 23.3. The fourth-order valence-electron chi connectivity index (χ4n) is 2.48. The molecule has 0 fully saturated rings. The van der Waals surface area contributed by atoms with Crippen molar-refractivity contribution in [2.75, 3.05) is 13.2 Å². The van der Waals surface area contributed by atoms with E-state index in [9.17, 15) is 9.59 Å². The SMILES string of the molecule is CCCc1ccc(C2=CC(=O)NC2=O)c(OCC)c1OCC. The van der Waals surface area contributed by atoms with E-state index in [0.29, 0.717) is 35.8 Å². The molecule has 0 saturated carbocycles. The Morgan fingerprint density at radius 1 is 1.00 bits per heavy atom. The first kappa shape index (κ1) is 16.1. The maximum atomic E-state index is 11.9. The Labute approximate surface area is 130 Å². The molecule has 0 aromatic heterocycles. The number of aryl methyl sites for hydroxylation is 1. The largest absolute Gasteiger partial charge is 0.490 e. The minimum absolute atomic E-state index is 0.317. The molecule has 1 aromatic carbocycles. The van der Waals surface area contributed by atoms with Gasteiger partial charge in [0, 0.05) is 11.6 Å². The van der Waals surface area contributed by atoms with Crippen LogP contribution in [0.5, 0.6) is 11.5 Å². The molecule has 1 aromatic rings. The van der Waals surface area contributed by atoms with Crippen LogP contribution in [0.1, 0.15) is 38.3 Å². The van der Waals surface area contributed by atoms with Gasteiger partial charge in [-0.1, -0.05) is 19.4 Å². The average molecular weight is 303 g/mol. The number of hydrogen-bond acceptors (Lipinski definition) is 4. The van der Waals surface area contributed by atoms with E-state index in [0.717, 1.165) is 18.4 Å². The van der Waals surface area contributed by atoms with Crippen LogP contribution >= 0.6 is 0 Å². The van der Waals surface area contributed by atoms with Gasteiger partial charge in [0.05, 0.1) is 18.8 Å². The molecule has 0 bridgehead atoms. The van der Waals surface area contributed by atoms with Crippen LogP contribution in [0.2, 0.25) is 0 Å². The van der Waals surface area contributed by atoms with Crippen LogP contribution in [-0.2, 0) is 16.0 Å². The molecule has 0 atom stereocenters. The summed E-state index contributed by atoms with van der Waals surface area (Å²) >= 11 is 0. The lowest BCUT2D eigenvalue weighted by Crippen LogP contribution is -2.22. The molecule has 1 N–H and O–H groups in total. The molecular formula is C17H21NO4. The van der Waals surface area contributed by atoms with Crippen molar-refractivity contribution in [3.63, 3.8) is 0 Å². The van der Waals surface area contributed by atoms with E-state index >= 15 is 0 Å². The van der Waals surface area contributed by atoms with Crippen molar-refractivity contribution in [2.24, 2.45) is 0 Å². The number of hydrogen-bond donors (Lipinski definition) is 1. The standard InChI is InChI=1S/C17H21NO4/c1-4-7-11-8-9-12(13-10-14(19)18-17(13)20)16(22-6-3)15(11)21-5-2/h8-10H,4-7H2,1-3H3,(H,18,19,20). The van der Waals surface area contributed by atoms with Gasteiger partial charge in [-0.2, -0.15) is 0 Å². The summed E-state index contributed by atoms with van der Waals surface area (Å²) in [5.41, 5.74) is 1.95. The van der Waals surface area contributed by atoms with Gasteiger partial charge in [-0.15, -0.1) is 0 Å². The molecule has 2 rings (SSSR count). The molecule has 5 heteroatoms. The lowest BCUT2D eigenvalue weighted by atomic mass is 9.99. The second-order valence-electron chi connectivity index (χ2n) is 4.92. The zero-order valence-electron chi connectivity index (χ0n) is 13.2. The van der Waals surface area contributed by atoms with Crippen LogP contribution in [0.15, 0.2) is 18.2 Å². The van der Waals surface area contributed by atoms with E-state index < -0.39 is 11.8 Å². The number of imide groups is 1. The van der Waals surface area contributed by atoms with E-state index in [2.05, 4.69) is 12.2 Å². The first-order valence-corrected chi connectivity index (χ1v) is 7.61.